The third-order valence-electron chi connectivity index (χ3n) is 1.97. The fourth-order valence-electron chi connectivity index (χ4n) is 1.25. The molecule has 15 heavy (non-hydrogen) atoms. The van der Waals surface area contributed by atoms with E-state index in [9.17, 15) is 4.79 Å². The average molecular weight is 209 g/mol. The van der Waals surface area contributed by atoms with Gasteiger partial charge in [0.05, 0.1) is 6.61 Å². The van der Waals surface area contributed by atoms with Gasteiger partial charge in [0.2, 0.25) is 0 Å². The third-order valence-corrected chi connectivity index (χ3v) is 1.97. The second-order valence-corrected chi connectivity index (χ2v) is 3.15. The molecule has 1 rings (SSSR count). The summed E-state index contributed by atoms with van der Waals surface area (Å²) in [4.78, 5) is 12.8. The molecule has 4 heteroatoms. The molecule has 0 aliphatic rings. The van der Waals surface area contributed by atoms with Crippen molar-refractivity contribution >= 4 is 11.7 Å². The van der Waals surface area contributed by atoms with Crippen LogP contribution in [0, 0.1) is 0 Å². The van der Waals surface area contributed by atoms with E-state index in [1.807, 2.05) is 0 Å². The fourth-order valence-corrected chi connectivity index (χ4v) is 1.25. The van der Waals surface area contributed by atoms with Gasteiger partial charge in [-0.25, -0.2) is 0 Å². The number of nitrogens with zero attached hydrogens (tertiary/aromatic N) is 1. The van der Waals surface area contributed by atoms with Gasteiger partial charge in [-0.05, 0) is 6.07 Å². The minimum absolute atomic E-state index is 0.0317. The highest BCUT2D eigenvalue weighted by Gasteiger charge is 2.11. The maximum atomic E-state index is 11.0. The molecule has 1 aromatic heterocycles. The van der Waals surface area contributed by atoms with Crippen molar-refractivity contribution < 1.29 is 14.3 Å². The molecule has 0 aromatic carbocycles. The van der Waals surface area contributed by atoms with Crippen LogP contribution in [0.15, 0.2) is 29.2 Å². The largest absolute Gasteiger partial charge is 0.437 e. The van der Waals surface area contributed by atoms with Crippen LogP contribution in [0.1, 0.15) is 17.5 Å². The van der Waals surface area contributed by atoms with Crippen LogP contribution in [-0.4, -0.2) is 30.6 Å². The van der Waals surface area contributed by atoms with E-state index in [-0.39, 0.29) is 12.4 Å². The van der Waals surface area contributed by atoms with Crippen LogP contribution in [0.5, 0.6) is 0 Å². The van der Waals surface area contributed by atoms with Crippen LogP contribution < -0.4 is 4.90 Å². The highest BCUT2D eigenvalue weighted by molar-refractivity contribution is 5.91. The number of aliphatic hydroxyl groups excluding tert-OH is 1. The first-order valence-corrected chi connectivity index (χ1v) is 4.76. The molecule has 1 aromatic rings. The number of rotatable bonds is 6. The number of ketones is 1. The smallest absolute Gasteiger partial charge is 0.196 e. The van der Waals surface area contributed by atoms with Gasteiger partial charge in [-0.15, -0.1) is 6.58 Å². The van der Waals surface area contributed by atoms with E-state index in [0.29, 0.717) is 24.7 Å². The summed E-state index contributed by atoms with van der Waals surface area (Å²) in [5.74, 6) is 0.801. The molecule has 0 fully saturated rings. The zero-order chi connectivity index (χ0) is 11.3. The molecule has 0 aliphatic heterocycles. The minimum Gasteiger partial charge on any atom is -0.437 e. The molecular weight excluding hydrogens is 194 g/mol. The normalized spacial score (nSPS) is 10.0. The van der Waals surface area contributed by atoms with Gasteiger partial charge in [0, 0.05) is 26.1 Å². The van der Waals surface area contributed by atoms with E-state index in [1.165, 1.54) is 6.92 Å². The summed E-state index contributed by atoms with van der Waals surface area (Å²) in [5.41, 5.74) is 0. The Balaban J connectivity index is 2.80. The van der Waals surface area contributed by atoms with Crippen molar-refractivity contribution in [3.63, 3.8) is 0 Å². The molecule has 0 spiro atoms. The molecule has 0 amide bonds. The molecule has 0 aliphatic carbocycles. The summed E-state index contributed by atoms with van der Waals surface area (Å²) in [7, 11) is 0. The molecule has 0 unspecified atom stereocenters. The second-order valence-electron chi connectivity index (χ2n) is 3.15. The Hall–Kier alpha value is -1.55. The minimum atomic E-state index is -0.108. The van der Waals surface area contributed by atoms with E-state index in [1.54, 1.807) is 23.1 Å². The van der Waals surface area contributed by atoms with E-state index in [2.05, 4.69) is 6.58 Å². The van der Waals surface area contributed by atoms with E-state index < -0.39 is 0 Å². The number of carbonyl (C=O) groups is 1. The van der Waals surface area contributed by atoms with Crippen molar-refractivity contribution in [3.8, 4) is 0 Å². The van der Waals surface area contributed by atoms with Crippen molar-refractivity contribution in [2.45, 2.75) is 6.92 Å². The third kappa shape index (κ3) is 2.95. The molecule has 4 nitrogen and oxygen atoms in total. The quantitative estimate of drug-likeness (QED) is 0.569. The van der Waals surface area contributed by atoms with Crippen LogP contribution in [-0.2, 0) is 0 Å². The Kier molecular flexibility index (Phi) is 4.12. The van der Waals surface area contributed by atoms with Gasteiger partial charge in [-0.2, -0.15) is 0 Å². The van der Waals surface area contributed by atoms with Gasteiger partial charge in [0.1, 0.15) is 0 Å². The predicted octanol–water partition coefficient (Wildman–Crippen LogP) is 1.47. The highest BCUT2D eigenvalue weighted by atomic mass is 16.4. The zero-order valence-electron chi connectivity index (χ0n) is 8.77. The van der Waals surface area contributed by atoms with E-state index >= 15 is 0 Å². The first kappa shape index (κ1) is 11.5. The number of furan rings is 1. The summed E-state index contributed by atoms with van der Waals surface area (Å²) in [6, 6.07) is 3.35. The Labute approximate surface area is 88.8 Å². The Bertz CT molecular complexity index is 343. The number of hydrogen-bond acceptors (Lipinski definition) is 4. The number of aliphatic hydroxyl groups is 1. The monoisotopic (exact) mass is 209 g/mol. The highest BCUT2D eigenvalue weighted by Crippen LogP contribution is 2.18. The SMILES string of the molecule is C=CCN(CCO)c1ccc(C(C)=O)o1. The lowest BCUT2D eigenvalue weighted by Gasteiger charge is -2.18. The molecule has 0 radical (unpaired) electrons. The van der Waals surface area contributed by atoms with Gasteiger partial charge >= 0.3 is 0 Å². The van der Waals surface area contributed by atoms with Crippen LogP contribution >= 0.6 is 0 Å². The van der Waals surface area contributed by atoms with Crippen LogP contribution in [0.4, 0.5) is 5.88 Å². The first-order valence-electron chi connectivity index (χ1n) is 4.76. The lowest BCUT2D eigenvalue weighted by molar-refractivity contribution is 0.0988. The lowest BCUT2D eigenvalue weighted by Crippen LogP contribution is -2.26. The van der Waals surface area contributed by atoms with Gasteiger partial charge in [0.15, 0.2) is 17.4 Å². The van der Waals surface area contributed by atoms with Crippen molar-refractivity contribution in [2.75, 3.05) is 24.6 Å². The summed E-state index contributed by atoms with van der Waals surface area (Å²) in [5, 5.41) is 8.86. The number of anilines is 1. The Morgan fingerprint density at radius 1 is 1.67 bits per heavy atom. The molecule has 0 saturated carbocycles. The zero-order valence-corrected chi connectivity index (χ0v) is 8.77. The molecule has 1 heterocycles. The first-order chi connectivity index (χ1) is 7.19. The molecule has 0 saturated heterocycles. The second kappa shape index (κ2) is 5.36. The maximum absolute atomic E-state index is 11.0. The van der Waals surface area contributed by atoms with Crippen molar-refractivity contribution in [1.29, 1.82) is 0 Å². The summed E-state index contributed by atoms with van der Waals surface area (Å²) >= 11 is 0. The van der Waals surface area contributed by atoms with Gasteiger partial charge in [-0.3, -0.25) is 4.79 Å². The van der Waals surface area contributed by atoms with Crippen LogP contribution in [0.2, 0.25) is 0 Å². The fraction of sp³-hybridized carbons (Fsp3) is 0.364. The Morgan fingerprint density at radius 3 is 2.87 bits per heavy atom. The van der Waals surface area contributed by atoms with Crippen molar-refractivity contribution in [1.82, 2.24) is 0 Å². The predicted molar refractivity (Wildman–Crippen MR) is 58.2 cm³/mol. The summed E-state index contributed by atoms with van der Waals surface area (Å²) < 4.78 is 5.33. The standard InChI is InChI=1S/C11H15NO3/c1-3-6-12(7-8-13)11-5-4-10(15-11)9(2)14/h3-5,13H,1,6-8H2,2H3. The molecule has 82 valence electrons. The summed E-state index contributed by atoms with van der Waals surface area (Å²) in [6.45, 7) is 6.13. The maximum Gasteiger partial charge on any atom is 0.196 e. The molecule has 0 atom stereocenters. The average Bonchev–Trinajstić information content (AvgIpc) is 2.66. The lowest BCUT2D eigenvalue weighted by atomic mass is 10.3. The topological polar surface area (TPSA) is 53.7 Å². The van der Waals surface area contributed by atoms with Crippen molar-refractivity contribution in [3.05, 3.63) is 30.5 Å². The number of carbonyl (C=O) groups excluding carboxylic acids is 1. The number of Topliss-reactive ketones (excluding diaryl/α,β-unsaturated/α-hetero) is 1. The molecule has 0 bridgehead atoms. The van der Waals surface area contributed by atoms with Gasteiger partial charge < -0.3 is 14.4 Å². The molecule has 1 N–H and O–H groups in total. The summed E-state index contributed by atoms with van der Waals surface area (Å²) in [6.07, 6.45) is 1.71. The van der Waals surface area contributed by atoms with Gasteiger partial charge in [0.25, 0.3) is 0 Å². The van der Waals surface area contributed by atoms with E-state index in [4.69, 9.17) is 9.52 Å². The van der Waals surface area contributed by atoms with Crippen LogP contribution in [0.3, 0.4) is 0 Å². The molecular formula is C11H15NO3. The number of hydrogen-bond donors (Lipinski definition) is 1. The van der Waals surface area contributed by atoms with Gasteiger partial charge in [-0.1, -0.05) is 6.08 Å². The Morgan fingerprint density at radius 2 is 2.40 bits per heavy atom. The van der Waals surface area contributed by atoms with E-state index in [0.717, 1.165) is 0 Å². The van der Waals surface area contributed by atoms with Crippen LogP contribution in [0.25, 0.3) is 0 Å². The van der Waals surface area contributed by atoms with Crippen molar-refractivity contribution in [2.24, 2.45) is 0 Å².